The van der Waals surface area contributed by atoms with E-state index < -0.39 is 0 Å². The highest BCUT2D eigenvalue weighted by molar-refractivity contribution is 6.30. The molecule has 0 saturated heterocycles. The molecule has 8 aromatic carbocycles. The summed E-state index contributed by atoms with van der Waals surface area (Å²) in [5, 5.41) is 5.61. The number of benzene rings is 8. The summed E-state index contributed by atoms with van der Waals surface area (Å²) in [6.07, 6.45) is 0. The van der Waals surface area contributed by atoms with Crippen LogP contribution in [0.1, 0.15) is 0 Å². The maximum Gasteiger partial charge on any atom is 0.227 e. The second kappa shape index (κ2) is 11.7. The number of nitrogens with zero attached hydrogens (tertiary/aromatic N) is 1. The maximum atomic E-state index is 6.45. The SMILES string of the molecule is Clc1cccc(-c2nc3c(-c4ccc(-c5cccc6ccccc56)cc4)cc(-c4ccc(-c5cccc6ccccc56)cc4)cc3o2)c1. The fraction of sp³-hybridized carbons (Fsp3) is 0. The molecule has 226 valence electrons. The predicted molar refractivity (Wildman–Crippen MR) is 201 cm³/mol. The van der Waals surface area contributed by atoms with Gasteiger partial charge in [-0.3, -0.25) is 0 Å². The van der Waals surface area contributed by atoms with Gasteiger partial charge in [0.05, 0.1) is 0 Å². The van der Waals surface area contributed by atoms with Crippen molar-refractivity contribution in [3.05, 3.63) is 175 Å². The smallest absolute Gasteiger partial charge is 0.227 e. The molecule has 9 aromatic rings. The molecule has 0 unspecified atom stereocenters. The van der Waals surface area contributed by atoms with Crippen molar-refractivity contribution in [2.45, 2.75) is 0 Å². The van der Waals surface area contributed by atoms with Crippen molar-refractivity contribution in [1.82, 2.24) is 4.98 Å². The van der Waals surface area contributed by atoms with E-state index in [4.69, 9.17) is 21.0 Å². The number of fused-ring (bicyclic) bond motifs is 3. The van der Waals surface area contributed by atoms with E-state index in [9.17, 15) is 0 Å². The van der Waals surface area contributed by atoms with Crippen LogP contribution in [0.3, 0.4) is 0 Å². The number of hydrogen-bond donors (Lipinski definition) is 0. The largest absolute Gasteiger partial charge is 0.436 e. The molecule has 1 aromatic heterocycles. The van der Waals surface area contributed by atoms with Gasteiger partial charge in [0.25, 0.3) is 0 Å². The van der Waals surface area contributed by atoms with Crippen molar-refractivity contribution >= 4 is 44.2 Å². The Morgan fingerprint density at radius 2 is 0.917 bits per heavy atom. The summed E-state index contributed by atoms with van der Waals surface area (Å²) in [5.74, 6) is 0.546. The third kappa shape index (κ3) is 5.04. The number of hydrogen-bond acceptors (Lipinski definition) is 2. The van der Waals surface area contributed by atoms with Crippen LogP contribution >= 0.6 is 11.6 Å². The van der Waals surface area contributed by atoms with Gasteiger partial charge in [-0.2, -0.15) is 0 Å². The Kier molecular flexibility index (Phi) is 6.88. The lowest BCUT2D eigenvalue weighted by molar-refractivity contribution is 0.620. The van der Waals surface area contributed by atoms with Crippen LogP contribution in [-0.2, 0) is 0 Å². The fourth-order valence-electron chi connectivity index (χ4n) is 6.79. The molecule has 3 heteroatoms. The van der Waals surface area contributed by atoms with Gasteiger partial charge in [0.2, 0.25) is 5.89 Å². The van der Waals surface area contributed by atoms with E-state index in [2.05, 4.69) is 146 Å². The summed E-state index contributed by atoms with van der Waals surface area (Å²) in [4.78, 5) is 5.01. The Morgan fingerprint density at radius 1 is 0.396 bits per heavy atom. The van der Waals surface area contributed by atoms with Crippen molar-refractivity contribution in [3.63, 3.8) is 0 Å². The Morgan fingerprint density at radius 3 is 1.52 bits per heavy atom. The van der Waals surface area contributed by atoms with E-state index in [0.29, 0.717) is 10.9 Å². The summed E-state index contributed by atoms with van der Waals surface area (Å²) in [7, 11) is 0. The van der Waals surface area contributed by atoms with Gasteiger partial charge in [-0.15, -0.1) is 0 Å². The molecule has 0 radical (unpaired) electrons. The summed E-state index contributed by atoms with van der Waals surface area (Å²) in [6.45, 7) is 0. The third-order valence-electron chi connectivity index (χ3n) is 9.18. The lowest BCUT2D eigenvalue weighted by Gasteiger charge is -2.11. The van der Waals surface area contributed by atoms with Crippen LogP contribution in [0.15, 0.2) is 174 Å². The minimum absolute atomic E-state index is 0.546. The molecule has 0 spiro atoms. The molecular formula is C45H28ClNO. The Labute approximate surface area is 283 Å². The average molecular weight is 634 g/mol. The predicted octanol–water partition coefficient (Wildman–Crippen LogP) is 13.1. The highest BCUT2D eigenvalue weighted by atomic mass is 35.5. The Balaban J connectivity index is 1.16. The minimum atomic E-state index is 0.546. The van der Waals surface area contributed by atoms with Crippen LogP contribution in [-0.4, -0.2) is 4.98 Å². The molecule has 0 bridgehead atoms. The minimum Gasteiger partial charge on any atom is -0.436 e. The first-order valence-electron chi connectivity index (χ1n) is 16.1. The molecule has 0 atom stereocenters. The standard InChI is InChI=1S/C45H28ClNO/c46-37-13-5-12-35(26-37)45-47-44-42(34-24-22-33(23-25-34)41-17-7-11-31-9-2-4-15-39(31)41)27-36(28-43(44)48-45)29-18-20-32(21-19-29)40-16-6-10-30-8-1-3-14-38(30)40/h1-28H. The molecule has 1 heterocycles. The van der Waals surface area contributed by atoms with Crippen LogP contribution in [0, 0.1) is 0 Å². The summed E-state index contributed by atoms with van der Waals surface area (Å²) in [5.41, 5.74) is 11.5. The van der Waals surface area contributed by atoms with Gasteiger partial charge in [0.15, 0.2) is 5.58 Å². The van der Waals surface area contributed by atoms with Crippen LogP contribution in [0.4, 0.5) is 0 Å². The molecule has 2 nitrogen and oxygen atoms in total. The lowest BCUT2D eigenvalue weighted by atomic mass is 9.93. The molecule has 48 heavy (non-hydrogen) atoms. The number of rotatable bonds is 5. The number of oxazole rings is 1. The van der Waals surface area contributed by atoms with Gasteiger partial charge < -0.3 is 4.42 Å². The van der Waals surface area contributed by atoms with Gasteiger partial charge in [0, 0.05) is 16.1 Å². The summed E-state index contributed by atoms with van der Waals surface area (Å²) < 4.78 is 6.45. The molecular weight excluding hydrogens is 606 g/mol. The van der Waals surface area contributed by atoms with Gasteiger partial charge >= 0.3 is 0 Å². The Hall–Kier alpha value is -5.96. The number of aromatic nitrogens is 1. The van der Waals surface area contributed by atoms with E-state index in [0.717, 1.165) is 38.9 Å². The number of halogens is 1. The molecule has 0 aliphatic rings. The van der Waals surface area contributed by atoms with Gasteiger partial charge in [-0.05, 0) is 90.8 Å². The second-order valence-corrected chi connectivity index (χ2v) is 12.5. The molecule has 0 fully saturated rings. The van der Waals surface area contributed by atoms with Crippen molar-refractivity contribution in [3.8, 4) is 56.0 Å². The molecule has 0 aliphatic heterocycles. The average Bonchev–Trinajstić information content (AvgIpc) is 3.59. The third-order valence-corrected chi connectivity index (χ3v) is 9.42. The van der Waals surface area contributed by atoms with Crippen molar-refractivity contribution in [2.24, 2.45) is 0 Å². The first-order valence-corrected chi connectivity index (χ1v) is 16.4. The molecule has 9 rings (SSSR count). The van der Waals surface area contributed by atoms with Gasteiger partial charge in [-0.25, -0.2) is 4.98 Å². The van der Waals surface area contributed by atoms with Crippen molar-refractivity contribution in [2.75, 3.05) is 0 Å². The lowest BCUT2D eigenvalue weighted by Crippen LogP contribution is -1.87. The van der Waals surface area contributed by atoms with E-state index in [-0.39, 0.29) is 0 Å². The van der Waals surface area contributed by atoms with Crippen LogP contribution < -0.4 is 0 Å². The molecule has 0 N–H and O–H groups in total. The molecule has 0 aliphatic carbocycles. The molecule has 0 amide bonds. The van der Waals surface area contributed by atoms with Gasteiger partial charge in [0.1, 0.15) is 5.52 Å². The van der Waals surface area contributed by atoms with E-state index >= 15 is 0 Å². The van der Waals surface area contributed by atoms with E-state index in [1.807, 2.05) is 24.3 Å². The quantitative estimate of drug-likeness (QED) is 0.188. The zero-order valence-electron chi connectivity index (χ0n) is 25.9. The fourth-order valence-corrected chi connectivity index (χ4v) is 6.98. The van der Waals surface area contributed by atoms with Gasteiger partial charge in [-0.1, -0.05) is 151 Å². The van der Waals surface area contributed by atoms with Crippen LogP contribution in [0.5, 0.6) is 0 Å². The first kappa shape index (κ1) is 28.3. The van der Waals surface area contributed by atoms with E-state index in [1.54, 1.807) is 0 Å². The maximum absolute atomic E-state index is 6.45. The molecule has 0 saturated carbocycles. The normalized spacial score (nSPS) is 11.4. The van der Waals surface area contributed by atoms with Crippen LogP contribution in [0.25, 0.3) is 88.6 Å². The Bertz CT molecular complexity index is 2610. The van der Waals surface area contributed by atoms with Crippen molar-refractivity contribution in [1.29, 1.82) is 0 Å². The van der Waals surface area contributed by atoms with Crippen molar-refractivity contribution < 1.29 is 4.42 Å². The van der Waals surface area contributed by atoms with E-state index in [1.165, 1.54) is 43.8 Å². The second-order valence-electron chi connectivity index (χ2n) is 12.1. The highest BCUT2D eigenvalue weighted by Gasteiger charge is 2.17. The zero-order chi connectivity index (χ0) is 32.0. The monoisotopic (exact) mass is 633 g/mol. The summed E-state index contributed by atoms with van der Waals surface area (Å²) in [6, 6.07) is 59.5. The highest BCUT2D eigenvalue weighted by Crippen LogP contribution is 2.39. The first-order chi connectivity index (χ1) is 23.7. The zero-order valence-corrected chi connectivity index (χ0v) is 26.7. The summed E-state index contributed by atoms with van der Waals surface area (Å²) >= 11 is 6.35. The topological polar surface area (TPSA) is 26.0 Å². The van der Waals surface area contributed by atoms with Crippen LogP contribution in [0.2, 0.25) is 5.02 Å².